The van der Waals surface area contributed by atoms with Crippen LogP contribution in [0.5, 0.6) is 0 Å². The molecule has 0 fully saturated rings. The van der Waals surface area contributed by atoms with E-state index in [-0.39, 0.29) is 12.4 Å². The van der Waals surface area contributed by atoms with Crippen LogP contribution in [0.1, 0.15) is 5.56 Å². The SMILES string of the molecule is CN(Cc1ccc(F)cc1)S(=O)(=O)CCl. The molecule has 0 amide bonds. The number of benzene rings is 1. The highest BCUT2D eigenvalue weighted by atomic mass is 35.5. The van der Waals surface area contributed by atoms with Crippen molar-refractivity contribution < 1.29 is 12.8 Å². The van der Waals surface area contributed by atoms with Crippen molar-refractivity contribution in [1.82, 2.24) is 4.31 Å². The summed E-state index contributed by atoms with van der Waals surface area (Å²) in [4.78, 5) is 0. The fourth-order valence-electron chi connectivity index (χ4n) is 1.03. The zero-order chi connectivity index (χ0) is 11.5. The minimum atomic E-state index is -3.40. The number of alkyl halides is 1. The summed E-state index contributed by atoms with van der Waals surface area (Å²) >= 11 is 5.29. The van der Waals surface area contributed by atoms with Gasteiger partial charge in [-0.25, -0.2) is 12.8 Å². The molecule has 0 radical (unpaired) electrons. The molecule has 15 heavy (non-hydrogen) atoms. The summed E-state index contributed by atoms with van der Waals surface area (Å²) in [6.07, 6.45) is 0. The van der Waals surface area contributed by atoms with E-state index in [1.807, 2.05) is 0 Å². The quantitative estimate of drug-likeness (QED) is 0.765. The molecule has 0 aliphatic carbocycles. The van der Waals surface area contributed by atoms with Crippen molar-refractivity contribution in [3.63, 3.8) is 0 Å². The van der Waals surface area contributed by atoms with Crippen LogP contribution in [0, 0.1) is 5.82 Å². The lowest BCUT2D eigenvalue weighted by molar-refractivity contribution is 0.470. The highest BCUT2D eigenvalue weighted by Gasteiger charge is 2.15. The smallest absolute Gasteiger partial charge is 0.211 e. The van der Waals surface area contributed by atoms with Crippen LogP contribution in [0.4, 0.5) is 4.39 Å². The number of sulfonamides is 1. The Morgan fingerprint density at radius 3 is 2.33 bits per heavy atom. The molecule has 0 aliphatic heterocycles. The van der Waals surface area contributed by atoms with E-state index in [1.165, 1.54) is 31.3 Å². The monoisotopic (exact) mass is 251 g/mol. The van der Waals surface area contributed by atoms with Crippen LogP contribution >= 0.6 is 11.6 Å². The maximum absolute atomic E-state index is 12.6. The molecule has 3 nitrogen and oxygen atoms in total. The lowest BCUT2D eigenvalue weighted by atomic mass is 10.2. The van der Waals surface area contributed by atoms with Gasteiger partial charge in [0.05, 0.1) is 0 Å². The highest BCUT2D eigenvalue weighted by Crippen LogP contribution is 2.09. The number of hydrogen-bond donors (Lipinski definition) is 0. The van der Waals surface area contributed by atoms with Crippen LogP contribution in [0.15, 0.2) is 24.3 Å². The molecule has 0 N–H and O–H groups in total. The Morgan fingerprint density at radius 2 is 1.87 bits per heavy atom. The molecule has 0 atom stereocenters. The van der Waals surface area contributed by atoms with E-state index in [0.29, 0.717) is 5.56 Å². The first-order valence-corrected chi connectivity index (χ1v) is 6.34. The van der Waals surface area contributed by atoms with E-state index in [2.05, 4.69) is 0 Å². The number of rotatable bonds is 4. The van der Waals surface area contributed by atoms with Gasteiger partial charge < -0.3 is 0 Å². The molecule has 84 valence electrons. The second-order valence-electron chi connectivity index (χ2n) is 3.10. The average Bonchev–Trinajstić information content (AvgIpc) is 2.21. The number of halogens is 2. The maximum Gasteiger partial charge on any atom is 0.228 e. The molecule has 0 spiro atoms. The van der Waals surface area contributed by atoms with Gasteiger partial charge in [0.2, 0.25) is 10.0 Å². The highest BCUT2D eigenvalue weighted by molar-refractivity contribution is 7.90. The van der Waals surface area contributed by atoms with Gasteiger partial charge in [-0.15, -0.1) is 11.6 Å². The summed E-state index contributed by atoms with van der Waals surface area (Å²) in [6, 6.07) is 5.65. The van der Waals surface area contributed by atoms with Crippen LogP contribution in [0.2, 0.25) is 0 Å². The van der Waals surface area contributed by atoms with Crippen LogP contribution in [-0.4, -0.2) is 25.0 Å². The number of hydrogen-bond acceptors (Lipinski definition) is 2. The predicted molar refractivity (Wildman–Crippen MR) is 57.5 cm³/mol. The van der Waals surface area contributed by atoms with Crippen LogP contribution in [-0.2, 0) is 16.6 Å². The Bertz CT molecular complexity index is 418. The van der Waals surface area contributed by atoms with Gasteiger partial charge in [-0.1, -0.05) is 12.1 Å². The summed E-state index contributed by atoms with van der Waals surface area (Å²) < 4.78 is 36.3. The Morgan fingerprint density at radius 1 is 1.33 bits per heavy atom. The second kappa shape index (κ2) is 4.92. The molecule has 1 aromatic rings. The standard InChI is InChI=1S/C9H11ClFNO2S/c1-12(15(13,14)7-10)6-8-2-4-9(11)5-3-8/h2-5H,6-7H2,1H3. The normalized spacial score (nSPS) is 12.0. The molecule has 0 bridgehead atoms. The fourth-order valence-corrected chi connectivity index (χ4v) is 2.04. The van der Waals surface area contributed by atoms with Crippen LogP contribution in [0.3, 0.4) is 0 Å². The zero-order valence-electron chi connectivity index (χ0n) is 8.15. The predicted octanol–water partition coefficient (Wildman–Crippen LogP) is 1.78. The molecule has 1 aromatic carbocycles. The maximum atomic E-state index is 12.6. The summed E-state index contributed by atoms with van der Waals surface area (Å²) in [5.74, 6) is -0.346. The summed E-state index contributed by atoms with van der Waals surface area (Å²) in [6.45, 7) is 0.190. The molecular weight excluding hydrogens is 241 g/mol. The molecule has 0 saturated carbocycles. The third-order valence-electron chi connectivity index (χ3n) is 1.93. The van der Waals surface area contributed by atoms with Gasteiger partial charge in [-0.05, 0) is 17.7 Å². The number of nitrogens with zero attached hydrogens (tertiary/aromatic N) is 1. The van der Waals surface area contributed by atoms with Crippen molar-refractivity contribution in [2.75, 3.05) is 12.3 Å². The van der Waals surface area contributed by atoms with Crippen molar-refractivity contribution >= 4 is 21.6 Å². The molecule has 0 unspecified atom stereocenters. The van der Waals surface area contributed by atoms with Crippen LogP contribution < -0.4 is 0 Å². The van der Waals surface area contributed by atoms with Gasteiger partial charge in [0.15, 0.2) is 0 Å². The van der Waals surface area contributed by atoms with E-state index in [4.69, 9.17) is 11.6 Å². The molecule has 0 aromatic heterocycles. The van der Waals surface area contributed by atoms with E-state index < -0.39 is 15.2 Å². The Balaban J connectivity index is 2.75. The Hall–Kier alpha value is -0.650. The minimum Gasteiger partial charge on any atom is -0.211 e. The molecule has 0 aliphatic rings. The Labute approximate surface area is 93.5 Å². The van der Waals surface area contributed by atoms with Gasteiger partial charge in [0.1, 0.15) is 11.0 Å². The first-order chi connectivity index (χ1) is 6.95. The van der Waals surface area contributed by atoms with E-state index >= 15 is 0 Å². The van der Waals surface area contributed by atoms with E-state index in [1.54, 1.807) is 0 Å². The van der Waals surface area contributed by atoms with Gasteiger partial charge in [-0.2, -0.15) is 4.31 Å². The fraction of sp³-hybridized carbons (Fsp3) is 0.333. The van der Waals surface area contributed by atoms with Gasteiger partial charge in [0.25, 0.3) is 0 Å². The van der Waals surface area contributed by atoms with Gasteiger partial charge >= 0.3 is 0 Å². The van der Waals surface area contributed by atoms with Gasteiger partial charge in [0, 0.05) is 13.6 Å². The van der Waals surface area contributed by atoms with Crippen molar-refractivity contribution in [2.24, 2.45) is 0 Å². The topological polar surface area (TPSA) is 37.4 Å². The molecule has 1 rings (SSSR count). The van der Waals surface area contributed by atoms with Crippen molar-refractivity contribution in [3.8, 4) is 0 Å². The van der Waals surface area contributed by atoms with E-state index in [9.17, 15) is 12.8 Å². The third-order valence-corrected chi connectivity index (χ3v) is 4.11. The summed E-state index contributed by atoms with van der Waals surface area (Å²) in [5, 5.41) is -0.454. The summed E-state index contributed by atoms with van der Waals surface area (Å²) in [5.41, 5.74) is 0.715. The lowest BCUT2D eigenvalue weighted by Crippen LogP contribution is -2.27. The first-order valence-electron chi connectivity index (χ1n) is 4.20. The second-order valence-corrected chi connectivity index (χ2v) is 5.76. The van der Waals surface area contributed by atoms with Gasteiger partial charge in [-0.3, -0.25) is 0 Å². The molecule has 0 saturated heterocycles. The average molecular weight is 252 g/mol. The third kappa shape index (κ3) is 3.44. The minimum absolute atomic E-state index is 0.190. The molecular formula is C9H11ClFNO2S. The lowest BCUT2D eigenvalue weighted by Gasteiger charge is -2.15. The Kier molecular flexibility index (Phi) is 4.07. The molecule has 0 heterocycles. The van der Waals surface area contributed by atoms with E-state index in [0.717, 1.165) is 4.31 Å². The molecule has 6 heteroatoms. The largest absolute Gasteiger partial charge is 0.228 e. The first kappa shape index (κ1) is 12.4. The van der Waals surface area contributed by atoms with Crippen molar-refractivity contribution in [3.05, 3.63) is 35.6 Å². The van der Waals surface area contributed by atoms with Crippen LogP contribution in [0.25, 0.3) is 0 Å². The zero-order valence-corrected chi connectivity index (χ0v) is 9.72. The summed E-state index contributed by atoms with van der Waals surface area (Å²) in [7, 11) is -1.97. The van der Waals surface area contributed by atoms with Crippen molar-refractivity contribution in [2.45, 2.75) is 6.54 Å². The van der Waals surface area contributed by atoms with Crippen molar-refractivity contribution in [1.29, 1.82) is 0 Å².